The summed E-state index contributed by atoms with van der Waals surface area (Å²) >= 11 is 0. The van der Waals surface area contributed by atoms with Crippen molar-refractivity contribution in [2.75, 3.05) is 18.7 Å². The zero-order chi connectivity index (χ0) is 16.9. The van der Waals surface area contributed by atoms with E-state index in [-0.39, 0.29) is 19.2 Å². The molecule has 24 heavy (non-hydrogen) atoms. The van der Waals surface area contributed by atoms with E-state index in [2.05, 4.69) is 15.8 Å². The average Bonchev–Trinajstić information content (AvgIpc) is 3.06. The molecular weight excluding hydrogens is 306 g/mol. The minimum atomic E-state index is -0.223. The molecule has 0 unspecified atom stereocenters. The van der Waals surface area contributed by atoms with Crippen LogP contribution in [0, 0.1) is 6.92 Å². The Hall–Kier alpha value is -3.02. The molecule has 2 aromatic carbocycles. The number of ether oxygens (including phenoxy) is 2. The second-order valence-electron chi connectivity index (χ2n) is 5.52. The highest BCUT2D eigenvalue weighted by atomic mass is 16.7. The minimum absolute atomic E-state index is 0.115. The first-order valence-electron chi connectivity index (χ1n) is 7.65. The number of benzene rings is 2. The van der Waals surface area contributed by atoms with Gasteiger partial charge in [0.25, 0.3) is 5.91 Å². The van der Waals surface area contributed by atoms with E-state index in [4.69, 9.17) is 9.47 Å². The molecule has 0 aliphatic carbocycles. The van der Waals surface area contributed by atoms with E-state index in [0.29, 0.717) is 11.5 Å². The van der Waals surface area contributed by atoms with Gasteiger partial charge in [-0.05, 0) is 31.5 Å². The van der Waals surface area contributed by atoms with Crippen molar-refractivity contribution in [3.8, 4) is 11.5 Å². The van der Waals surface area contributed by atoms with E-state index in [0.717, 1.165) is 17.0 Å². The number of hydrazone groups is 1. The lowest BCUT2D eigenvalue weighted by Crippen LogP contribution is -2.26. The van der Waals surface area contributed by atoms with Gasteiger partial charge in [0.15, 0.2) is 11.5 Å². The highest BCUT2D eigenvalue weighted by molar-refractivity contribution is 5.99. The van der Waals surface area contributed by atoms with Crippen molar-refractivity contribution in [2.45, 2.75) is 13.8 Å². The van der Waals surface area contributed by atoms with Crippen molar-refractivity contribution in [2.24, 2.45) is 5.10 Å². The van der Waals surface area contributed by atoms with Crippen molar-refractivity contribution in [3.63, 3.8) is 0 Å². The normalized spacial score (nSPS) is 12.8. The number of hydrogen-bond donors (Lipinski definition) is 2. The average molecular weight is 325 g/mol. The van der Waals surface area contributed by atoms with Crippen LogP contribution in [0.15, 0.2) is 47.6 Å². The van der Waals surface area contributed by atoms with Gasteiger partial charge in [-0.3, -0.25) is 4.79 Å². The molecule has 0 fully saturated rings. The minimum Gasteiger partial charge on any atom is -0.454 e. The summed E-state index contributed by atoms with van der Waals surface area (Å²) < 4.78 is 10.5. The first-order valence-corrected chi connectivity index (χ1v) is 7.65. The van der Waals surface area contributed by atoms with Crippen LogP contribution in [0.1, 0.15) is 18.1 Å². The molecule has 0 spiro atoms. The summed E-state index contributed by atoms with van der Waals surface area (Å²) in [5, 5.41) is 7.15. The van der Waals surface area contributed by atoms with E-state index >= 15 is 0 Å². The zero-order valence-corrected chi connectivity index (χ0v) is 13.6. The Morgan fingerprint density at radius 1 is 1.12 bits per heavy atom. The van der Waals surface area contributed by atoms with E-state index in [1.807, 2.05) is 50.2 Å². The van der Waals surface area contributed by atoms with Crippen molar-refractivity contribution >= 4 is 17.3 Å². The molecule has 3 rings (SSSR count). The zero-order valence-electron chi connectivity index (χ0n) is 13.6. The number of aryl methyl sites for hydroxylation is 1. The van der Waals surface area contributed by atoms with Crippen molar-refractivity contribution in [3.05, 3.63) is 53.6 Å². The number of anilines is 1. The van der Waals surface area contributed by atoms with Gasteiger partial charge in [-0.15, -0.1) is 0 Å². The Bertz CT molecular complexity index is 770. The van der Waals surface area contributed by atoms with E-state index < -0.39 is 0 Å². The molecule has 0 radical (unpaired) electrons. The SMILES string of the molecule is C/C(=N/NC(=O)CNc1ccc2c(c1)OCO2)c1ccc(C)cc1. The summed E-state index contributed by atoms with van der Waals surface area (Å²) in [6.07, 6.45) is 0. The van der Waals surface area contributed by atoms with E-state index in [1.54, 1.807) is 6.07 Å². The summed E-state index contributed by atoms with van der Waals surface area (Å²) in [6, 6.07) is 13.4. The monoisotopic (exact) mass is 325 g/mol. The molecule has 0 aromatic heterocycles. The lowest BCUT2D eigenvalue weighted by Gasteiger charge is -2.07. The Kier molecular flexibility index (Phi) is 4.65. The first-order chi connectivity index (χ1) is 11.6. The number of nitrogens with one attached hydrogen (secondary N) is 2. The molecule has 6 nitrogen and oxygen atoms in total. The smallest absolute Gasteiger partial charge is 0.259 e. The summed E-state index contributed by atoms with van der Waals surface area (Å²) in [4.78, 5) is 11.9. The first kappa shape index (κ1) is 15.9. The molecule has 124 valence electrons. The fourth-order valence-electron chi connectivity index (χ4n) is 2.23. The Labute approximate surface area is 140 Å². The van der Waals surface area contributed by atoms with Gasteiger partial charge in [0.1, 0.15) is 0 Å². The number of rotatable bonds is 5. The van der Waals surface area contributed by atoms with Gasteiger partial charge >= 0.3 is 0 Å². The fourth-order valence-corrected chi connectivity index (χ4v) is 2.23. The van der Waals surface area contributed by atoms with Crippen LogP contribution < -0.4 is 20.2 Å². The number of carbonyl (C=O) groups is 1. The van der Waals surface area contributed by atoms with Crippen LogP contribution in [0.2, 0.25) is 0 Å². The summed E-state index contributed by atoms with van der Waals surface area (Å²) in [5.41, 5.74) is 6.25. The van der Waals surface area contributed by atoms with Crippen molar-refractivity contribution < 1.29 is 14.3 Å². The summed E-state index contributed by atoms with van der Waals surface area (Å²) in [5.74, 6) is 1.16. The third-order valence-corrected chi connectivity index (χ3v) is 3.64. The maximum absolute atomic E-state index is 11.9. The molecular formula is C18H19N3O3. The maximum atomic E-state index is 11.9. The Morgan fingerprint density at radius 3 is 2.67 bits per heavy atom. The van der Waals surface area contributed by atoms with Crippen LogP contribution in [-0.4, -0.2) is 25.0 Å². The summed E-state index contributed by atoms with van der Waals surface area (Å²) in [7, 11) is 0. The Balaban J connectivity index is 1.52. The molecule has 0 bridgehead atoms. The number of carbonyl (C=O) groups excluding carboxylic acids is 1. The summed E-state index contributed by atoms with van der Waals surface area (Å²) in [6.45, 7) is 4.23. The molecule has 0 saturated heterocycles. The van der Waals surface area contributed by atoms with Gasteiger partial charge in [0.05, 0.1) is 12.3 Å². The molecule has 6 heteroatoms. The van der Waals surface area contributed by atoms with Crippen LogP contribution in [0.5, 0.6) is 11.5 Å². The van der Waals surface area contributed by atoms with Gasteiger partial charge in [-0.2, -0.15) is 5.10 Å². The lowest BCUT2D eigenvalue weighted by molar-refractivity contribution is -0.119. The quantitative estimate of drug-likeness (QED) is 0.655. The predicted octanol–water partition coefficient (Wildman–Crippen LogP) is 2.68. The maximum Gasteiger partial charge on any atom is 0.259 e. The third kappa shape index (κ3) is 3.84. The van der Waals surface area contributed by atoms with E-state index in [9.17, 15) is 4.79 Å². The van der Waals surface area contributed by atoms with E-state index in [1.165, 1.54) is 5.56 Å². The van der Waals surface area contributed by atoms with Gasteiger partial charge in [0.2, 0.25) is 6.79 Å². The van der Waals surface area contributed by atoms with Gasteiger partial charge < -0.3 is 14.8 Å². The predicted molar refractivity (Wildman–Crippen MR) is 92.6 cm³/mol. The van der Waals surface area contributed by atoms with Crippen LogP contribution in [-0.2, 0) is 4.79 Å². The van der Waals surface area contributed by atoms with Gasteiger partial charge in [0, 0.05) is 11.8 Å². The lowest BCUT2D eigenvalue weighted by atomic mass is 10.1. The fraction of sp³-hybridized carbons (Fsp3) is 0.222. The molecule has 2 aromatic rings. The Morgan fingerprint density at radius 2 is 1.88 bits per heavy atom. The largest absolute Gasteiger partial charge is 0.454 e. The van der Waals surface area contributed by atoms with Crippen LogP contribution in [0.3, 0.4) is 0 Å². The number of hydrogen-bond acceptors (Lipinski definition) is 5. The highest BCUT2D eigenvalue weighted by Gasteiger charge is 2.13. The van der Waals surface area contributed by atoms with Crippen molar-refractivity contribution in [1.29, 1.82) is 0 Å². The van der Waals surface area contributed by atoms with Crippen LogP contribution in [0.4, 0.5) is 5.69 Å². The molecule has 2 N–H and O–H groups in total. The molecule has 1 aliphatic rings. The third-order valence-electron chi connectivity index (χ3n) is 3.64. The second kappa shape index (κ2) is 7.04. The van der Waals surface area contributed by atoms with Gasteiger partial charge in [-0.25, -0.2) is 5.43 Å². The van der Waals surface area contributed by atoms with Crippen LogP contribution >= 0.6 is 0 Å². The number of amides is 1. The van der Waals surface area contributed by atoms with Crippen molar-refractivity contribution in [1.82, 2.24) is 5.43 Å². The number of nitrogens with zero attached hydrogens (tertiary/aromatic N) is 1. The molecule has 1 heterocycles. The topological polar surface area (TPSA) is 72.0 Å². The number of fused-ring (bicyclic) bond motifs is 1. The van der Waals surface area contributed by atoms with Gasteiger partial charge in [-0.1, -0.05) is 29.8 Å². The molecule has 0 saturated carbocycles. The van der Waals surface area contributed by atoms with Crippen LogP contribution in [0.25, 0.3) is 0 Å². The molecule has 1 amide bonds. The molecule has 0 atom stereocenters. The second-order valence-corrected chi connectivity index (χ2v) is 5.52. The molecule has 1 aliphatic heterocycles. The highest BCUT2D eigenvalue weighted by Crippen LogP contribution is 2.34. The standard InChI is InChI=1S/C18H19N3O3/c1-12-3-5-14(6-4-12)13(2)20-21-18(22)10-19-15-7-8-16-17(9-15)24-11-23-16/h3-9,19H,10-11H2,1-2H3,(H,21,22)/b20-13-.